The van der Waals surface area contributed by atoms with Gasteiger partial charge in [-0.25, -0.2) is 0 Å². The van der Waals surface area contributed by atoms with Crippen LogP contribution in [0.3, 0.4) is 0 Å². The maximum absolute atomic E-state index is 3.89. The zero-order chi connectivity index (χ0) is 7.28. The normalized spacial score (nSPS) is 9.22. The fraction of sp³-hybridized carbons (Fsp3) is 0.750. The van der Waals surface area contributed by atoms with Gasteiger partial charge in [-0.3, -0.25) is 0 Å². The molecule has 0 rings (SSSR count). The average Bonchev–Trinajstić information content (AvgIpc) is 1.82. The van der Waals surface area contributed by atoms with E-state index in [0.717, 1.165) is 6.71 Å². The molecule has 0 aliphatic heterocycles. The average molecular weight is 124 g/mol. The second-order valence-electron chi connectivity index (χ2n) is 2.84. The van der Waals surface area contributed by atoms with Crippen molar-refractivity contribution in [2.45, 2.75) is 39.7 Å². The number of allylic oxidation sites excluding steroid dienone is 1. The molecule has 0 amide bonds. The van der Waals surface area contributed by atoms with Crippen LogP contribution >= 0.6 is 0 Å². The van der Waals surface area contributed by atoms with E-state index in [1.54, 1.807) is 0 Å². The first-order valence-electron chi connectivity index (χ1n) is 3.85. The quantitative estimate of drug-likeness (QED) is 0.399. The van der Waals surface area contributed by atoms with Gasteiger partial charge < -0.3 is 0 Å². The van der Waals surface area contributed by atoms with Crippen LogP contribution in [0.2, 0.25) is 19.0 Å². The SMILES string of the molecule is C=C(C)CB(CC)CC. The smallest absolute Gasteiger partial charge is 0.101 e. The summed E-state index contributed by atoms with van der Waals surface area (Å²) < 4.78 is 0. The van der Waals surface area contributed by atoms with Crippen LogP contribution in [0, 0.1) is 0 Å². The Morgan fingerprint density at radius 3 is 1.89 bits per heavy atom. The lowest BCUT2D eigenvalue weighted by Crippen LogP contribution is -2.07. The Balaban J connectivity index is 3.43. The van der Waals surface area contributed by atoms with E-state index in [4.69, 9.17) is 0 Å². The van der Waals surface area contributed by atoms with Crippen molar-refractivity contribution in [3.05, 3.63) is 12.2 Å². The van der Waals surface area contributed by atoms with E-state index in [-0.39, 0.29) is 0 Å². The Hall–Kier alpha value is -0.195. The highest BCUT2D eigenvalue weighted by Gasteiger charge is 2.06. The molecular formula is C8H17B. The molecule has 1 heteroatoms. The molecule has 52 valence electrons. The van der Waals surface area contributed by atoms with E-state index in [1.165, 1.54) is 24.5 Å². The lowest BCUT2D eigenvalue weighted by Gasteiger charge is -2.06. The first-order valence-corrected chi connectivity index (χ1v) is 3.85. The van der Waals surface area contributed by atoms with Gasteiger partial charge in [0.05, 0.1) is 0 Å². The van der Waals surface area contributed by atoms with Crippen LogP contribution in [0.15, 0.2) is 12.2 Å². The zero-order valence-electron chi connectivity index (χ0n) is 6.91. The highest BCUT2D eigenvalue weighted by atomic mass is 13.8. The molecule has 0 spiro atoms. The third-order valence-corrected chi connectivity index (χ3v) is 1.79. The minimum atomic E-state index is 0.877. The van der Waals surface area contributed by atoms with Gasteiger partial charge >= 0.3 is 0 Å². The predicted octanol–water partition coefficient (Wildman–Crippen LogP) is 3.10. The van der Waals surface area contributed by atoms with Gasteiger partial charge in [0, 0.05) is 0 Å². The Labute approximate surface area is 59.4 Å². The van der Waals surface area contributed by atoms with Crippen molar-refractivity contribution in [1.29, 1.82) is 0 Å². The fourth-order valence-corrected chi connectivity index (χ4v) is 1.07. The second-order valence-corrected chi connectivity index (χ2v) is 2.84. The van der Waals surface area contributed by atoms with Crippen molar-refractivity contribution in [2.24, 2.45) is 0 Å². The molecule has 0 bridgehead atoms. The van der Waals surface area contributed by atoms with Gasteiger partial charge in [0.2, 0.25) is 0 Å². The molecule has 0 aromatic heterocycles. The summed E-state index contributed by atoms with van der Waals surface area (Å²) in [5.41, 5.74) is 1.32. The lowest BCUT2D eigenvalue weighted by atomic mass is 9.43. The molecule has 0 saturated heterocycles. The van der Waals surface area contributed by atoms with Gasteiger partial charge in [0.25, 0.3) is 0 Å². The van der Waals surface area contributed by atoms with E-state index in [1.807, 2.05) is 0 Å². The van der Waals surface area contributed by atoms with Crippen LogP contribution in [0.4, 0.5) is 0 Å². The minimum Gasteiger partial charge on any atom is -0.101 e. The number of rotatable bonds is 4. The van der Waals surface area contributed by atoms with Gasteiger partial charge in [-0.2, -0.15) is 0 Å². The maximum atomic E-state index is 3.89. The molecular weight excluding hydrogens is 107 g/mol. The molecule has 0 saturated carbocycles. The molecule has 0 aromatic carbocycles. The molecule has 0 aliphatic rings. The highest BCUT2D eigenvalue weighted by Crippen LogP contribution is 2.09. The predicted molar refractivity (Wildman–Crippen MR) is 46.3 cm³/mol. The molecule has 0 nitrogen and oxygen atoms in total. The van der Waals surface area contributed by atoms with E-state index in [9.17, 15) is 0 Å². The topological polar surface area (TPSA) is 0 Å². The van der Waals surface area contributed by atoms with Crippen molar-refractivity contribution in [1.82, 2.24) is 0 Å². The minimum absolute atomic E-state index is 0.877. The Kier molecular flexibility index (Phi) is 4.56. The summed E-state index contributed by atoms with van der Waals surface area (Å²) in [7, 11) is 0. The van der Waals surface area contributed by atoms with Crippen LogP contribution in [0.25, 0.3) is 0 Å². The number of hydrogen-bond donors (Lipinski definition) is 0. The third-order valence-electron chi connectivity index (χ3n) is 1.79. The van der Waals surface area contributed by atoms with E-state index >= 15 is 0 Å². The van der Waals surface area contributed by atoms with Gasteiger partial charge in [0.15, 0.2) is 0 Å². The van der Waals surface area contributed by atoms with Crippen LogP contribution in [0.1, 0.15) is 20.8 Å². The van der Waals surface area contributed by atoms with Crippen LogP contribution < -0.4 is 0 Å². The summed E-state index contributed by atoms with van der Waals surface area (Å²) in [5.74, 6) is 0. The molecule has 0 aromatic rings. The summed E-state index contributed by atoms with van der Waals surface area (Å²) >= 11 is 0. The maximum Gasteiger partial charge on any atom is 0.143 e. The Bertz CT molecular complexity index is 82.6. The molecule has 0 heterocycles. The summed E-state index contributed by atoms with van der Waals surface area (Å²) in [6.07, 6.45) is 3.81. The van der Waals surface area contributed by atoms with Crippen molar-refractivity contribution in [3.8, 4) is 0 Å². The van der Waals surface area contributed by atoms with E-state index in [0.29, 0.717) is 0 Å². The fourth-order valence-electron chi connectivity index (χ4n) is 1.07. The molecule has 0 unspecified atom stereocenters. The summed E-state index contributed by atoms with van der Waals surface area (Å²) in [6.45, 7) is 11.4. The van der Waals surface area contributed by atoms with Crippen LogP contribution in [-0.4, -0.2) is 6.71 Å². The van der Waals surface area contributed by atoms with Gasteiger partial charge in [-0.05, 0) is 6.92 Å². The van der Waals surface area contributed by atoms with E-state index in [2.05, 4.69) is 27.4 Å². The Morgan fingerprint density at radius 2 is 1.78 bits per heavy atom. The molecule has 0 fully saturated rings. The van der Waals surface area contributed by atoms with Crippen molar-refractivity contribution < 1.29 is 0 Å². The van der Waals surface area contributed by atoms with Crippen molar-refractivity contribution >= 4 is 6.71 Å². The first-order chi connectivity index (χ1) is 4.20. The van der Waals surface area contributed by atoms with Crippen molar-refractivity contribution in [2.75, 3.05) is 0 Å². The molecule has 0 N–H and O–H groups in total. The van der Waals surface area contributed by atoms with Gasteiger partial charge in [-0.15, -0.1) is 6.58 Å². The largest absolute Gasteiger partial charge is 0.143 e. The summed E-state index contributed by atoms with van der Waals surface area (Å²) in [6, 6.07) is 0. The van der Waals surface area contributed by atoms with Gasteiger partial charge in [0.1, 0.15) is 6.71 Å². The van der Waals surface area contributed by atoms with E-state index < -0.39 is 0 Å². The summed E-state index contributed by atoms with van der Waals surface area (Å²) in [4.78, 5) is 0. The van der Waals surface area contributed by atoms with Crippen molar-refractivity contribution in [3.63, 3.8) is 0 Å². The Morgan fingerprint density at radius 1 is 1.33 bits per heavy atom. The van der Waals surface area contributed by atoms with Gasteiger partial charge in [-0.1, -0.05) is 38.4 Å². The lowest BCUT2D eigenvalue weighted by molar-refractivity contribution is 1.24. The molecule has 0 aliphatic carbocycles. The molecule has 0 radical (unpaired) electrons. The third kappa shape index (κ3) is 4.32. The monoisotopic (exact) mass is 124 g/mol. The zero-order valence-corrected chi connectivity index (χ0v) is 6.91. The highest BCUT2D eigenvalue weighted by molar-refractivity contribution is 6.59. The standard InChI is InChI=1S/C8H17B/c1-5-9(6-2)7-8(3)4/h3,5-7H2,1-2,4H3. The molecule has 9 heavy (non-hydrogen) atoms. The van der Waals surface area contributed by atoms with Crippen LogP contribution in [-0.2, 0) is 0 Å². The number of hydrogen-bond acceptors (Lipinski definition) is 0. The molecule has 0 atom stereocenters. The second kappa shape index (κ2) is 4.66. The first kappa shape index (κ1) is 8.80. The summed E-state index contributed by atoms with van der Waals surface area (Å²) in [5, 5.41) is 0. The van der Waals surface area contributed by atoms with Crippen LogP contribution in [0.5, 0.6) is 0 Å².